The largest absolute Gasteiger partial charge is 0.478 e. The number of carbonyl (C=O) groups is 1. The van der Waals surface area contributed by atoms with Crippen molar-refractivity contribution < 1.29 is 14.6 Å². The van der Waals surface area contributed by atoms with E-state index in [1.807, 2.05) is 12.3 Å². The molecule has 1 N–H and O–H groups in total. The van der Waals surface area contributed by atoms with Gasteiger partial charge in [0.1, 0.15) is 11.3 Å². The van der Waals surface area contributed by atoms with Gasteiger partial charge < -0.3 is 9.84 Å². The first kappa shape index (κ1) is 11.9. The number of benzene rings is 1. The average Bonchev–Trinajstić information content (AvgIpc) is 2.63. The van der Waals surface area contributed by atoms with Crippen LogP contribution >= 0.6 is 22.9 Å². The van der Waals surface area contributed by atoms with E-state index in [2.05, 4.69) is 4.98 Å². The maximum absolute atomic E-state index is 11.0. The van der Waals surface area contributed by atoms with E-state index in [0.717, 1.165) is 5.69 Å². The number of thiazole rings is 1. The highest BCUT2D eigenvalue weighted by Gasteiger charge is 2.13. The Kier molecular flexibility index (Phi) is 3.31. The zero-order valence-corrected chi connectivity index (χ0v) is 10.4. The highest BCUT2D eigenvalue weighted by atomic mass is 35.5. The van der Waals surface area contributed by atoms with Gasteiger partial charge in [-0.15, -0.1) is 0 Å². The number of aryl methyl sites for hydroxylation is 1. The standard InChI is InChI=1S/C11H8ClNO3S/c1-6-5-17-11(13-6)16-9-4-7(12)2-3-8(9)10(14)15/h2-5H,1H3,(H,14,15). The van der Waals surface area contributed by atoms with Crippen molar-refractivity contribution in [1.82, 2.24) is 4.98 Å². The van der Waals surface area contributed by atoms with Gasteiger partial charge in [-0.25, -0.2) is 9.78 Å². The van der Waals surface area contributed by atoms with Crippen molar-refractivity contribution in [3.63, 3.8) is 0 Å². The SMILES string of the molecule is Cc1csc(Oc2cc(Cl)ccc2C(=O)O)n1. The van der Waals surface area contributed by atoms with E-state index >= 15 is 0 Å². The molecule has 0 saturated heterocycles. The van der Waals surface area contributed by atoms with Crippen LogP contribution in [-0.2, 0) is 0 Å². The fourth-order valence-corrected chi connectivity index (χ4v) is 2.05. The fourth-order valence-electron chi connectivity index (χ4n) is 1.23. The van der Waals surface area contributed by atoms with Gasteiger partial charge in [0, 0.05) is 16.5 Å². The lowest BCUT2D eigenvalue weighted by molar-refractivity contribution is 0.0694. The summed E-state index contributed by atoms with van der Waals surface area (Å²) in [5.41, 5.74) is 0.881. The predicted molar refractivity (Wildman–Crippen MR) is 65.3 cm³/mol. The van der Waals surface area contributed by atoms with Crippen molar-refractivity contribution >= 4 is 28.9 Å². The van der Waals surface area contributed by atoms with E-state index in [9.17, 15) is 4.79 Å². The molecule has 0 aliphatic heterocycles. The Morgan fingerprint density at radius 3 is 2.88 bits per heavy atom. The Labute approximate surface area is 106 Å². The normalized spacial score (nSPS) is 10.2. The Morgan fingerprint density at radius 2 is 2.29 bits per heavy atom. The van der Waals surface area contributed by atoms with Crippen LogP contribution in [-0.4, -0.2) is 16.1 Å². The number of carboxylic acids is 1. The molecule has 0 amide bonds. The summed E-state index contributed by atoms with van der Waals surface area (Å²) in [5, 5.41) is 11.6. The predicted octanol–water partition coefficient (Wildman–Crippen LogP) is 3.60. The van der Waals surface area contributed by atoms with Gasteiger partial charge in [-0.3, -0.25) is 0 Å². The van der Waals surface area contributed by atoms with Crippen molar-refractivity contribution in [2.45, 2.75) is 6.92 Å². The third-order valence-corrected chi connectivity index (χ3v) is 3.04. The second-order valence-corrected chi connectivity index (χ2v) is 4.56. The maximum Gasteiger partial charge on any atom is 0.339 e. The lowest BCUT2D eigenvalue weighted by Crippen LogP contribution is -1.99. The fraction of sp³-hybridized carbons (Fsp3) is 0.0909. The van der Waals surface area contributed by atoms with Crippen LogP contribution in [0.5, 0.6) is 10.9 Å². The van der Waals surface area contributed by atoms with Gasteiger partial charge >= 0.3 is 5.97 Å². The van der Waals surface area contributed by atoms with Gasteiger partial charge in [0.05, 0.1) is 5.69 Å². The summed E-state index contributed by atoms with van der Waals surface area (Å²) in [7, 11) is 0. The molecule has 0 unspecified atom stereocenters. The summed E-state index contributed by atoms with van der Waals surface area (Å²) in [6.45, 7) is 1.83. The minimum atomic E-state index is -1.06. The topological polar surface area (TPSA) is 59.4 Å². The molecule has 1 aromatic carbocycles. The first-order valence-electron chi connectivity index (χ1n) is 4.69. The Morgan fingerprint density at radius 1 is 1.53 bits per heavy atom. The van der Waals surface area contributed by atoms with Crippen molar-refractivity contribution in [1.29, 1.82) is 0 Å². The van der Waals surface area contributed by atoms with Crippen molar-refractivity contribution in [2.75, 3.05) is 0 Å². The molecule has 6 heteroatoms. The zero-order valence-electron chi connectivity index (χ0n) is 8.81. The molecule has 1 heterocycles. The highest BCUT2D eigenvalue weighted by Crippen LogP contribution is 2.30. The summed E-state index contributed by atoms with van der Waals surface area (Å²) in [5.74, 6) is -0.871. The van der Waals surface area contributed by atoms with E-state index in [1.165, 1.54) is 29.5 Å². The van der Waals surface area contributed by atoms with Gasteiger partial charge in [0.25, 0.3) is 5.19 Å². The second kappa shape index (κ2) is 4.73. The van der Waals surface area contributed by atoms with Crippen molar-refractivity contribution in [2.24, 2.45) is 0 Å². The van der Waals surface area contributed by atoms with Gasteiger partial charge in [0.15, 0.2) is 0 Å². The molecule has 1 aromatic heterocycles. The molecular formula is C11H8ClNO3S. The first-order valence-corrected chi connectivity index (χ1v) is 5.95. The van der Waals surface area contributed by atoms with Gasteiger partial charge in [-0.05, 0) is 19.1 Å². The molecule has 0 fully saturated rings. The molecule has 17 heavy (non-hydrogen) atoms. The number of aromatic carboxylic acids is 1. The van der Waals surface area contributed by atoms with E-state index < -0.39 is 5.97 Å². The first-order chi connectivity index (χ1) is 8.06. The van der Waals surface area contributed by atoms with Gasteiger partial charge in [-0.2, -0.15) is 0 Å². The summed E-state index contributed by atoms with van der Waals surface area (Å²) in [4.78, 5) is 15.1. The quantitative estimate of drug-likeness (QED) is 0.925. The summed E-state index contributed by atoms with van der Waals surface area (Å²) >= 11 is 7.10. The van der Waals surface area contributed by atoms with Crippen molar-refractivity contribution in [3.8, 4) is 10.9 Å². The summed E-state index contributed by atoms with van der Waals surface area (Å²) in [6.07, 6.45) is 0. The third-order valence-electron chi connectivity index (χ3n) is 1.97. The minimum Gasteiger partial charge on any atom is -0.478 e. The summed E-state index contributed by atoms with van der Waals surface area (Å²) in [6, 6.07) is 4.37. The van der Waals surface area contributed by atoms with Crippen LogP contribution in [0.4, 0.5) is 0 Å². The monoisotopic (exact) mass is 269 g/mol. The smallest absolute Gasteiger partial charge is 0.339 e. The number of hydrogen-bond donors (Lipinski definition) is 1. The molecule has 0 atom stereocenters. The molecule has 0 saturated carbocycles. The lowest BCUT2D eigenvalue weighted by atomic mass is 10.2. The Bertz CT molecular complexity index is 568. The van der Waals surface area contributed by atoms with Crippen LogP contribution in [0.15, 0.2) is 23.6 Å². The zero-order chi connectivity index (χ0) is 12.4. The molecular weight excluding hydrogens is 262 g/mol. The molecule has 88 valence electrons. The Hall–Kier alpha value is -1.59. The number of halogens is 1. The molecule has 0 aliphatic rings. The van der Waals surface area contributed by atoms with Crippen LogP contribution in [0, 0.1) is 6.92 Å². The van der Waals surface area contributed by atoms with Crippen LogP contribution in [0.3, 0.4) is 0 Å². The number of nitrogens with zero attached hydrogens (tertiary/aromatic N) is 1. The van der Waals surface area contributed by atoms with E-state index in [1.54, 1.807) is 0 Å². The van der Waals surface area contributed by atoms with Gasteiger partial charge in [0.2, 0.25) is 0 Å². The minimum absolute atomic E-state index is 0.0576. The number of aromatic nitrogens is 1. The lowest BCUT2D eigenvalue weighted by Gasteiger charge is -2.05. The highest BCUT2D eigenvalue weighted by molar-refractivity contribution is 7.11. The van der Waals surface area contributed by atoms with Crippen molar-refractivity contribution in [3.05, 3.63) is 39.9 Å². The van der Waals surface area contributed by atoms with E-state index in [-0.39, 0.29) is 11.3 Å². The number of ether oxygens (including phenoxy) is 1. The second-order valence-electron chi connectivity index (χ2n) is 3.30. The molecule has 0 aliphatic carbocycles. The molecule has 0 bridgehead atoms. The van der Waals surface area contributed by atoms with Crippen LogP contribution < -0.4 is 4.74 Å². The van der Waals surface area contributed by atoms with E-state index in [4.69, 9.17) is 21.4 Å². The number of hydrogen-bond acceptors (Lipinski definition) is 4. The van der Waals surface area contributed by atoms with Gasteiger partial charge in [-0.1, -0.05) is 22.9 Å². The number of rotatable bonds is 3. The van der Waals surface area contributed by atoms with Crippen LogP contribution in [0.2, 0.25) is 5.02 Å². The molecule has 2 aromatic rings. The Balaban J connectivity index is 2.37. The number of carboxylic acid groups (broad SMARTS) is 1. The molecule has 4 nitrogen and oxygen atoms in total. The molecule has 2 rings (SSSR count). The van der Waals surface area contributed by atoms with Crippen LogP contribution in [0.1, 0.15) is 16.1 Å². The van der Waals surface area contributed by atoms with E-state index in [0.29, 0.717) is 10.2 Å². The summed E-state index contributed by atoms with van der Waals surface area (Å²) < 4.78 is 5.41. The van der Waals surface area contributed by atoms with Crippen LogP contribution in [0.25, 0.3) is 0 Å². The maximum atomic E-state index is 11.0. The third kappa shape index (κ3) is 2.75. The average molecular weight is 270 g/mol. The molecule has 0 radical (unpaired) electrons. The molecule has 0 spiro atoms.